The van der Waals surface area contributed by atoms with E-state index in [4.69, 9.17) is 5.11 Å². The van der Waals surface area contributed by atoms with Gasteiger partial charge in [-0.3, -0.25) is 0 Å². The number of rotatable bonds is 5. The monoisotopic (exact) mass is 208 g/mol. The highest BCUT2D eigenvalue weighted by Gasteiger charge is 2.15. The van der Waals surface area contributed by atoms with Crippen LogP contribution in [0.25, 0.3) is 0 Å². The van der Waals surface area contributed by atoms with Gasteiger partial charge in [0, 0.05) is 5.69 Å². The number of hydrogen-bond donors (Lipinski definition) is 2. The van der Waals surface area contributed by atoms with E-state index in [2.05, 4.69) is 10.3 Å². The molecule has 0 radical (unpaired) electrons. The fourth-order valence-corrected chi connectivity index (χ4v) is 1.35. The van der Waals surface area contributed by atoms with Gasteiger partial charge >= 0.3 is 5.97 Å². The molecule has 1 atom stereocenters. The van der Waals surface area contributed by atoms with Crippen LogP contribution in [0.3, 0.4) is 0 Å². The molecule has 0 fully saturated rings. The van der Waals surface area contributed by atoms with Gasteiger partial charge in [-0.15, -0.1) is 0 Å². The van der Waals surface area contributed by atoms with Crippen molar-refractivity contribution < 1.29 is 9.90 Å². The van der Waals surface area contributed by atoms with E-state index in [-0.39, 0.29) is 0 Å². The second-order valence-electron chi connectivity index (χ2n) is 3.49. The number of aliphatic carboxylic acids is 1. The number of carbonyl (C=O) groups is 1. The third-order valence-corrected chi connectivity index (χ3v) is 2.09. The zero-order chi connectivity index (χ0) is 11.3. The topological polar surface area (TPSA) is 62.2 Å². The van der Waals surface area contributed by atoms with Gasteiger partial charge in [0.05, 0.1) is 0 Å². The molecule has 1 rings (SSSR count). The van der Waals surface area contributed by atoms with E-state index in [1.165, 1.54) is 0 Å². The highest BCUT2D eigenvalue weighted by atomic mass is 16.4. The van der Waals surface area contributed by atoms with E-state index < -0.39 is 12.0 Å². The number of anilines is 1. The molecule has 0 aliphatic rings. The molecule has 0 saturated carbocycles. The summed E-state index contributed by atoms with van der Waals surface area (Å²) in [7, 11) is 0. The van der Waals surface area contributed by atoms with Crippen molar-refractivity contribution in [3.05, 3.63) is 23.9 Å². The number of nitrogens with zero attached hydrogens (tertiary/aromatic N) is 1. The normalized spacial score (nSPS) is 12.1. The van der Waals surface area contributed by atoms with Crippen LogP contribution >= 0.6 is 0 Å². The summed E-state index contributed by atoms with van der Waals surface area (Å²) in [6, 6.07) is 4.96. The summed E-state index contributed by atoms with van der Waals surface area (Å²) in [6.45, 7) is 3.84. The van der Waals surface area contributed by atoms with E-state index in [0.717, 1.165) is 12.1 Å². The molecule has 15 heavy (non-hydrogen) atoms. The molecule has 1 aromatic heterocycles. The van der Waals surface area contributed by atoms with Crippen molar-refractivity contribution in [2.45, 2.75) is 32.7 Å². The Hall–Kier alpha value is -1.58. The molecule has 1 heterocycles. The van der Waals surface area contributed by atoms with Crippen molar-refractivity contribution in [3.63, 3.8) is 0 Å². The fourth-order valence-electron chi connectivity index (χ4n) is 1.35. The van der Waals surface area contributed by atoms with E-state index in [9.17, 15) is 4.79 Å². The van der Waals surface area contributed by atoms with Gasteiger partial charge in [0.25, 0.3) is 0 Å². The second-order valence-corrected chi connectivity index (χ2v) is 3.49. The van der Waals surface area contributed by atoms with Crippen molar-refractivity contribution in [1.29, 1.82) is 0 Å². The number of aryl methyl sites for hydroxylation is 1. The van der Waals surface area contributed by atoms with Gasteiger partial charge in [0.15, 0.2) is 0 Å². The highest BCUT2D eigenvalue weighted by molar-refractivity contribution is 5.76. The van der Waals surface area contributed by atoms with Crippen LogP contribution in [0.15, 0.2) is 18.2 Å². The predicted octanol–water partition coefficient (Wildman–Crippen LogP) is 2.06. The smallest absolute Gasteiger partial charge is 0.326 e. The summed E-state index contributed by atoms with van der Waals surface area (Å²) in [5, 5.41) is 11.9. The Morgan fingerprint density at radius 2 is 2.33 bits per heavy atom. The molecule has 0 spiro atoms. The molecule has 0 saturated heterocycles. The summed E-state index contributed by atoms with van der Waals surface area (Å²) in [5.74, 6) is -0.212. The average Bonchev–Trinajstić information content (AvgIpc) is 2.17. The van der Waals surface area contributed by atoms with Gasteiger partial charge in [-0.05, 0) is 25.5 Å². The molecule has 1 aromatic rings. The van der Waals surface area contributed by atoms with Crippen LogP contribution in [0.1, 0.15) is 25.5 Å². The van der Waals surface area contributed by atoms with Gasteiger partial charge in [-0.1, -0.05) is 19.4 Å². The minimum absolute atomic E-state index is 0.552. The van der Waals surface area contributed by atoms with Gasteiger partial charge in [0.2, 0.25) is 0 Å². The molecule has 4 heteroatoms. The Morgan fingerprint density at radius 3 is 2.87 bits per heavy atom. The largest absolute Gasteiger partial charge is 0.480 e. The Balaban J connectivity index is 2.69. The third-order valence-electron chi connectivity index (χ3n) is 2.09. The van der Waals surface area contributed by atoms with Gasteiger partial charge in [-0.25, -0.2) is 9.78 Å². The maximum Gasteiger partial charge on any atom is 0.326 e. The number of pyridine rings is 1. The van der Waals surface area contributed by atoms with Gasteiger partial charge in [-0.2, -0.15) is 0 Å². The first kappa shape index (κ1) is 11.5. The van der Waals surface area contributed by atoms with E-state index in [0.29, 0.717) is 12.2 Å². The van der Waals surface area contributed by atoms with Gasteiger partial charge < -0.3 is 10.4 Å². The minimum atomic E-state index is -0.833. The molecule has 82 valence electrons. The van der Waals surface area contributed by atoms with Crippen LogP contribution in [0.2, 0.25) is 0 Å². The molecular formula is C11H16N2O2. The van der Waals surface area contributed by atoms with Crippen LogP contribution in [-0.4, -0.2) is 22.1 Å². The lowest BCUT2D eigenvalue weighted by Gasteiger charge is -2.14. The number of carboxylic acids is 1. The van der Waals surface area contributed by atoms with E-state index in [1.54, 1.807) is 6.07 Å². The summed E-state index contributed by atoms with van der Waals surface area (Å²) in [6.07, 6.45) is 1.43. The SMILES string of the molecule is CCCC(Nc1cccc(C)n1)C(=O)O. The van der Waals surface area contributed by atoms with Crippen molar-refractivity contribution in [3.8, 4) is 0 Å². The summed E-state index contributed by atoms with van der Waals surface area (Å²) >= 11 is 0. The first-order valence-electron chi connectivity index (χ1n) is 5.06. The number of aromatic nitrogens is 1. The average molecular weight is 208 g/mol. The number of nitrogens with one attached hydrogen (secondary N) is 1. The molecule has 0 bridgehead atoms. The van der Waals surface area contributed by atoms with Crippen LogP contribution < -0.4 is 5.32 Å². The maximum atomic E-state index is 10.9. The Labute approximate surface area is 89.3 Å². The van der Waals surface area contributed by atoms with E-state index >= 15 is 0 Å². The number of hydrogen-bond acceptors (Lipinski definition) is 3. The van der Waals surface area contributed by atoms with Crippen molar-refractivity contribution in [1.82, 2.24) is 4.98 Å². The third kappa shape index (κ3) is 3.58. The highest BCUT2D eigenvalue weighted by Crippen LogP contribution is 2.08. The van der Waals surface area contributed by atoms with Crippen molar-refractivity contribution >= 4 is 11.8 Å². The van der Waals surface area contributed by atoms with Crippen molar-refractivity contribution in [2.75, 3.05) is 5.32 Å². The van der Waals surface area contributed by atoms with Crippen LogP contribution in [-0.2, 0) is 4.79 Å². The van der Waals surface area contributed by atoms with Crippen LogP contribution in [0.4, 0.5) is 5.82 Å². The maximum absolute atomic E-state index is 10.9. The Kier molecular flexibility index (Phi) is 4.09. The molecular weight excluding hydrogens is 192 g/mol. The molecule has 0 aromatic carbocycles. The standard InChI is InChI=1S/C11H16N2O2/c1-3-5-9(11(14)15)13-10-7-4-6-8(2)12-10/h4,6-7,9H,3,5H2,1-2H3,(H,12,13)(H,14,15). The molecule has 1 unspecified atom stereocenters. The Bertz CT molecular complexity index is 339. The van der Waals surface area contributed by atoms with Crippen molar-refractivity contribution in [2.24, 2.45) is 0 Å². The first-order chi connectivity index (χ1) is 7.13. The molecule has 0 aliphatic heterocycles. The molecule has 2 N–H and O–H groups in total. The minimum Gasteiger partial charge on any atom is -0.480 e. The lowest BCUT2D eigenvalue weighted by Crippen LogP contribution is -2.29. The Morgan fingerprint density at radius 1 is 1.60 bits per heavy atom. The summed E-state index contributed by atoms with van der Waals surface area (Å²) in [5.41, 5.74) is 0.876. The molecule has 0 aliphatic carbocycles. The molecule has 4 nitrogen and oxygen atoms in total. The number of carboxylic acid groups (broad SMARTS) is 1. The lowest BCUT2D eigenvalue weighted by atomic mass is 10.1. The zero-order valence-corrected chi connectivity index (χ0v) is 9.03. The van der Waals surface area contributed by atoms with Crippen LogP contribution in [0.5, 0.6) is 0 Å². The second kappa shape index (κ2) is 5.34. The quantitative estimate of drug-likeness (QED) is 0.777. The fraction of sp³-hybridized carbons (Fsp3) is 0.455. The van der Waals surface area contributed by atoms with Gasteiger partial charge in [0.1, 0.15) is 11.9 Å². The van der Waals surface area contributed by atoms with Crippen LogP contribution in [0, 0.1) is 6.92 Å². The summed E-state index contributed by atoms with van der Waals surface area (Å²) < 4.78 is 0. The predicted molar refractivity (Wildman–Crippen MR) is 58.9 cm³/mol. The molecule has 0 amide bonds. The lowest BCUT2D eigenvalue weighted by molar-refractivity contribution is -0.138. The summed E-state index contributed by atoms with van der Waals surface area (Å²) in [4.78, 5) is 15.1. The first-order valence-corrected chi connectivity index (χ1v) is 5.06. The zero-order valence-electron chi connectivity index (χ0n) is 9.03. The van der Waals surface area contributed by atoms with E-state index in [1.807, 2.05) is 26.0 Å².